The topological polar surface area (TPSA) is 128 Å². The lowest BCUT2D eigenvalue weighted by atomic mass is 9.65. The highest BCUT2D eigenvalue weighted by atomic mass is 16.6. The summed E-state index contributed by atoms with van der Waals surface area (Å²) in [7, 11) is 0. The highest BCUT2D eigenvalue weighted by Crippen LogP contribution is 2.71. The molecule has 9 nitrogen and oxygen atoms in total. The fourth-order valence-corrected chi connectivity index (χ4v) is 12.5. The second-order valence-corrected chi connectivity index (χ2v) is 21.6. The van der Waals surface area contributed by atoms with Gasteiger partial charge >= 0.3 is 17.9 Å². The second kappa shape index (κ2) is 16.6. The Morgan fingerprint density at radius 1 is 0.750 bits per heavy atom. The summed E-state index contributed by atoms with van der Waals surface area (Å²) in [5.41, 5.74) is -0.561. The SMILES string of the molecule is CCC(C)(C)C(=O)Nc1cccc2c(O)cccc12.CCC(C)(C)C(=O)OC1(CC)CC2CC1C1C3CCC(C3)C21.CCC(C)(C)C(=O)OC1CC2CC1C1C(=O)OCC21. The molecule has 9 rings (SSSR count). The first-order chi connectivity index (χ1) is 28.3. The minimum absolute atomic E-state index is 0.00848. The number of carbonyl (C=O) groups is 4. The fourth-order valence-electron chi connectivity index (χ4n) is 12.5. The van der Waals surface area contributed by atoms with Crippen LogP contribution in [-0.4, -0.2) is 47.2 Å². The third-order valence-electron chi connectivity index (χ3n) is 17.4. The normalized spacial score (nSPS) is 34.2. The van der Waals surface area contributed by atoms with Gasteiger partial charge in [-0.2, -0.15) is 0 Å². The Balaban J connectivity index is 0.000000137. The molecule has 2 aromatic carbocycles. The minimum Gasteiger partial charge on any atom is -0.507 e. The van der Waals surface area contributed by atoms with Gasteiger partial charge < -0.3 is 24.6 Å². The van der Waals surface area contributed by atoms with Crippen molar-refractivity contribution in [2.75, 3.05) is 11.9 Å². The van der Waals surface area contributed by atoms with Crippen LogP contribution in [0.5, 0.6) is 5.75 Å². The van der Waals surface area contributed by atoms with Crippen LogP contribution in [0.2, 0.25) is 0 Å². The molecule has 0 radical (unpaired) electrons. The average Bonchev–Trinajstić information content (AvgIpc) is 4.10. The Hall–Kier alpha value is -3.62. The first kappa shape index (κ1) is 44.4. The third-order valence-corrected chi connectivity index (χ3v) is 17.4. The summed E-state index contributed by atoms with van der Waals surface area (Å²) >= 11 is 0. The maximum Gasteiger partial charge on any atom is 0.312 e. The molecular weight excluding hydrogens is 755 g/mol. The predicted octanol–water partition coefficient (Wildman–Crippen LogP) is 10.9. The number of phenols is 1. The van der Waals surface area contributed by atoms with E-state index in [1.54, 1.807) is 12.1 Å². The van der Waals surface area contributed by atoms with E-state index >= 15 is 0 Å². The molecule has 7 fully saturated rings. The van der Waals surface area contributed by atoms with Crippen molar-refractivity contribution in [3.63, 3.8) is 0 Å². The molecule has 1 aliphatic heterocycles. The number of benzene rings is 2. The molecule has 330 valence electrons. The van der Waals surface area contributed by atoms with Gasteiger partial charge in [0.1, 0.15) is 17.5 Å². The summed E-state index contributed by atoms with van der Waals surface area (Å²) in [4.78, 5) is 48.9. The largest absolute Gasteiger partial charge is 0.507 e. The molecule has 12 atom stereocenters. The molecule has 6 saturated carbocycles. The zero-order chi connectivity index (χ0) is 43.5. The van der Waals surface area contributed by atoms with Crippen LogP contribution in [0.15, 0.2) is 36.4 Å². The van der Waals surface area contributed by atoms with E-state index < -0.39 is 10.8 Å². The number of rotatable bonds is 10. The number of hydrogen-bond acceptors (Lipinski definition) is 8. The third kappa shape index (κ3) is 7.86. The van der Waals surface area contributed by atoms with E-state index in [9.17, 15) is 24.3 Å². The summed E-state index contributed by atoms with van der Waals surface area (Å²) in [6.45, 7) is 20.6. The predicted molar refractivity (Wildman–Crippen MR) is 234 cm³/mol. The molecule has 2 aromatic rings. The molecule has 9 heteroatoms. The van der Waals surface area contributed by atoms with Crippen molar-refractivity contribution in [2.45, 2.75) is 152 Å². The van der Waals surface area contributed by atoms with Crippen molar-refractivity contribution in [3.8, 4) is 5.75 Å². The van der Waals surface area contributed by atoms with Crippen LogP contribution >= 0.6 is 0 Å². The number of nitrogens with one attached hydrogen (secondary N) is 1. The average molecular weight is 828 g/mol. The Kier molecular flexibility index (Phi) is 12.3. The maximum absolute atomic E-state index is 12.7. The Bertz CT molecular complexity index is 1950. The van der Waals surface area contributed by atoms with E-state index in [1.165, 1.54) is 25.7 Å². The van der Waals surface area contributed by atoms with Crippen molar-refractivity contribution < 1.29 is 38.5 Å². The number of phenolic OH excluding ortho intramolecular Hbond substituents is 1. The zero-order valence-electron chi connectivity index (χ0n) is 38.1. The number of fused-ring (bicyclic) bond motifs is 15. The molecule has 6 aliphatic carbocycles. The van der Waals surface area contributed by atoms with Gasteiger partial charge in [0.15, 0.2) is 0 Å². The zero-order valence-corrected chi connectivity index (χ0v) is 38.1. The van der Waals surface area contributed by atoms with E-state index in [0.29, 0.717) is 24.4 Å². The van der Waals surface area contributed by atoms with Gasteiger partial charge in [0.2, 0.25) is 5.91 Å². The molecule has 1 amide bonds. The number of esters is 3. The van der Waals surface area contributed by atoms with Crippen LogP contribution in [-0.2, 0) is 33.4 Å². The van der Waals surface area contributed by atoms with Gasteiger partial charge in [-0.25, -0.2) is 0 Å². The van der Waals surface area contributed by atoms with Crippen molar-refractivity contribution in [3.05, 3.63) is 36.4 Å². The summed E-state index contributed by atoms with van der Waals surface area (Å²) in [6.07, 6.45) is 12.2. The van der Waals surface area contributed by atoms with Crippen molar-refractivity contribution in [1.82, 2.24) is 0 Å². The van der Waals surface area contributed by atoms with Gasteiger partial charge in [0, 0.05) is 39.6 Å². The summed E-state index contributed by atoms with van der Waals surface area (Å²) in [6, 6.07) is 10.8. The Labute approximate surface area is 358 Å². The second-order valence-electron chi connectivity index (χ2n) is 21.6. The number of amides is 1. The number of ether oxygens (including phenoxy) is 3. The standard InChI is InChI=1S/C20H32O2.C16H19NO2.C15H22O4/c1-5-19(3,4)18(21)22-20(6-2)11-14-10-15(20)17-13-8-7-12(9-13)16(14)17;1-4-16(2,3)15(19)17-13-9-5-8-12-11(13)7-6-10-14(12)18;1-4-15(2,3)14(17)19-11-6-8-5-9(11)12-10(8)7-18-13(12)16/h12-17H,5-11H2,1-4H3;5-10,18H,4H2,1-3H3,(H,17,19);8-12H,4-7H2,1-3H3. The van der Waals surface area contributed by atoms with E-state index in [0.717, 1.165) is 91.0 Å². The molecule has 12 unspecified atom stereocenters. The minimum atomic E-state index is -0.433. The monoisotopic (exact) mass is 828 g/mol. The van der Waals surface area contributed by atoms with Crippen LogP contribution in [0.4, 0.5) is 5.69 Å². The molecule has 60 heavy (non-hydrogen) atoms. The van der Waals surface area contributed by atoms with Gasteiger partial charge in [-0.3, -0.25) is 19.2 Å². The number of hydrogen-bond donors (Lipinski definition) is 2. The fraction of sp³-hybridized carbons (Fsp3) is 0.725. The lowest BCUT2D eigenvalue weighted by molar-refractivity contribution is -0.183. The lowest BCUT2D eigenvalue weighted by Crippen LogP contribution is -2.49. The number of cyclic esters (lactones) is 1. The molecule has 7 aliphatic rings. The van der Waals surface area contributed by atoms with Crippen molar-refractivity contribution in [1.29, 1.82) is 0 Å². The van der Waals surface area contributed by atoms with Gasteiger partial charge in [-0.05, 0) is 146 Å². The first-order valence-electron chi connectivity index (χ1n) is 23.4. The van der Waals surface area contributed by atoms with E-state index in [2.05, 4.69) is 19.2 Å². The summed E-state index contributed by atoms with van der Waals surface area (Å²) < 4.78 is 17.2. The molecule has 0 aromatic heterocycles. The smallest absolute Gasteiger partial charge is 0.312 e. The molecule has 0 spiro atoms. The highest BCUT2D eigenvalue weighted by molar-refractivity contribution is 6.05. The Morgan fingerprint density at radius 2 is 1.38 bits per heavy atom. The Morgan fingerprint density at radius 3 is 2.05 bits per heavy atom. The van der Waals surface area contributed by atoms with Crippen molar-refractivity contribution >= 4 is 40.3 Å². The van der Waals surface area contributed by atoms with Crippen LogP contribution in [0, 0.1) is 75.4 Å². The van der Waals surface area contributed by atoms with E-state index in [-0.39, 0.29) is 58.5 Å². The van der Waals surface area contributed by atoms with Crippen LogP contribution < -0.4 is 5.32 Å². The van der Waals surface area contributed by atoms with Crippen molar-refractivity contribution in [2.24, 2.45) is 75.4 Å². The number of carbonyl (C=O) groups excluding carboxylic acids is 4. The van der Waals surface area contributed by atoms with Crippen LogP contribution in [0.25, 0.3) is 10.8 Å². The molecule has 1 saturated heterocycles. The quantitative estimate of drug-likeness (QED) is 0.138. The van der Waals surface area contributed by atoms with E-state index in [1.807, 2.05) is 79.7 Å². The van der Waals surface area contributed by atoms with Crippen LogP contribution in [0.3, 0.4) is 0 Å². The first-order valence-corrected chi connectivity index (χ1v) is 23.4. The lowest BCUT2D eigenvalue weighted by Gasteiger charge is -2.46. The van der Waals surface area contributed by atoms with Gasteiger partial charge in [0.25, 0.3) is 0 Å². The molecule has 2 N–H and O–H groups in total. The summed E-state index contributed by atoms with van der Waals surface area (Å²) in [5, 5.41) is 14.4. The van der Waals surface area contributed by atoms with Crippen LogP contribution in [0.1, 0.15) is 140 Å². The number of anilines is 1. The van der Waals surface area contributed by atoms with Gasteiger partial charge in [-0.1, -0.05) is 65.8 Å². The van der Waals surface area contributed by atoms with Gasteiger partial charge in [0.05, 0.1) is 23.4 Å². The maximum atomic E-state index is 12.7. The number of aromatic hydroxyl groups is 1. The van der Waals surface area contributed by atoms with E-state index in [4.69, 9.17) is 14.2 Å². The molecule has 1 heterocycles. The highest BCUT2D eigenvalue weighted by Gasteiger charge is 2.68. The molecular formula is C51H73NO8. The van der Waals surface area contributed by atoms with Gasteiger partial charge in [-0.15, -0.1) is 0 Å². The molecule has 6 bridgehead atoms. The summed E-state index contributed by atoms with van der Waals surface area (Å²) in [5.74, 6) is 6.48.